The molecule has 0 saturated carbocycles. The molecule has 2 N–H and O–H groups in total. The van der Waals surface area contributed by atoms with Gasteiger partial charge in [0.2, 0.25) is 0 Å². The number of sulfonamides is 1. The molecule has 1 aliphatic heterocycles. The van der Waals surface area contributed by atoms with Crippen molar-refractivity contribution in [3.63, 3.8) is 0 Å². The van der Waals surface area contributed by atoms with Crippen LogP contribution >= 0.6 is 11.6 Å². The van der Waals surface area contributed by atoms with Crippen LogP contribution in [0.5, 0.6) is 5.75 Å². The lowest BCUT2D eigenvalue weighted by molar-refractivity contribution is 0.402. The highest BCUT2D eigenvalue weighted by molar-refractivity contribution is 7.92. The lowest BCUT2D eigenvalue weighted by atomic mass is 9.98. The molecule has 0 aromatic heterocycles. The summed E-state index contributed by atoms with van der Waals surface area (Å²) in [6.07, 6.45) is 0.660. The Balaban J connectivity index is 1.52. The number of hydrogen-bond acceptors (Lipinski definition) is 5. The van der Waals surface area contributed by atoms with E-state index in [-0.39, 0.29) is 10.9 Å². The molecule has 30 heavy (non-hydrogen) atoms. The van der Waals surface area contributed by atoms with Gasteiger partial charge in [0.25, 0.3) is 10.0 Å². The topological polar surface area (TPSA) is 79.8 Å². The Kier molecular flexibility index (Phi) is 5.65. The van der Waals surface area contributed by atoms with Crippen LogP contribution in [0.1, 0.15) is 23.6 Å². The molecule has 1 heterocycles. The van der Waals surface area contributed by atoms with Crippen molar-refractivity contribution >= 4 is 33.0 Å². The van der Waals surface area contributed by atoms with E-state index >= 15 is 0 Å². The molecule has 4 rings (SSSR count). The standard InChI is InChI=1S/C22H20ClN3O3S/c1-29-22-8-3-2-7-19(22)21-14-20(24-25-21)15-5-4-6-17(13-15)26-30(27,28)18-11-9-16(23)10-12-18/h2-13,21,25-26H,14H2,1H3. The van der Waals surface area contributed by atoms with Crippen LogP contribution in [0.2, 0.25) is 5.02 Å². The quantitative estimate of drug-likeness (QED) is 0.586. The third-order valence-corrected chi connectivity index (χ3v) is 6.49. The summed E-state index contributed by atoms with van der Waals surface area (Å²) in [4.78, 5) is 0.147. The van der Waals surface area contributed by atoms with Crippen molar-refractivity contribution in [2.45, 2.75) is 17.4 Å². The van der Waals surface area contributed by atoms with Crippen LogP contribution in [0, 0.1) is 0 Å². The SMILES string of the molecule is COc1ccccc1C1CC(c2cccc(NS(=O)(=O)c3ccc(Cl)cc3)c2)=NN1. The third kappa shape index (κ3) is 4.27. The number of anilines is 1. The van der Waals surface area contributed by atoms with Crippen molar-refractivity contribution in [2.75, 3.05) is 11.8 Å². The first kappa shape index (κ1) is 20.3. The number of hydrogen-bond donors (Lipinski definition) is 2. The van der Waals surface area contributed by atoms with Crippen LogP contribution in [0.3, 0.4) is 0 Å². The Morgan fingerprint density at radius 1 is 1.07 bits per heavy atom. The molecule has 3 aromatic carbocycles. The first-order valence-corrected chi connectivity index (χ1v) is 11.2. The Labute approximate surface area is 180 Å². The predicted octanol–water partition coefficient (Wildman–Crippen LogP) is 4.59. The maximum Gasteiger partial charge on any atom is 0.261 e. The number of nitrogens with one attached hydrogen (secondary N) is 2. The van der Waals surface area contributed by atoms with Gasteiger partial charge in [-0.2, -0.15) is 5.10 Å². The first-order valence-electron chi connectivity index (χ1n) is 9.30. The number of para-hydroxylation sites is 1. The summed E-state index contributed by atoms with van der Waals surface area (Å²) < 4.78 is 33.3. The van der Waals surface area contributed by atoms with E-state index in [9.17, 15) is 8.42 Å². The van der Waals surface area contributed by atoms with Crippen LogP contribution < -0.4 is 14.9 Å². The number of ether oxygens (including phenoxy) is 1. The fraction of sp³-hybridized carbons (Fsp3) is 0.136. The molecule has 1 atom stereocenters. The Morgan fingerprint density at radius 3 is 2.60 bits per heavy atom. The molecule has 0 amide bonds. The number of benzene rings is 3. The van der Waals surface area contributed by atoms with E-state index in [2.05, 4.69) is 15.2 Å². The van der Waals surface area contributed by atoms with Crippen molar-refractivity contribution in [3.8, 4) is 5.75 Å². The summed E-state index contributed by atoms with van der Waals surface area (Å²) in [5.74, 6) is 0.802. The number of methoxy groups -OCH3 is 1. The fourth-order valence-corrected chi connectivity index (χ4v) is 4.52. The van der Waals surface area contributed by atoms with E-state index in [1.54, 1.807) is 37.4 Å². The molecule has 0 aliphatic carbocycles. The van der Waals surface area contributed by atoms with E-state index in [1.807, 2.05) is 30.3 Å². The average Bonchev–Trinajstić information content (AvgIpc) is 3.24. The largest absolute Gasteiger partial charge is 0.496 e. The molecule has 3 aromatic rings. The Morgan fingerprint density at radius 2 is 1.83 bits per heavy atom. The molecule has 8 heteroatoms. The van der Waals surface area contributed by atoms with Crippen molar-refractivity contribution in [1.82, 2.24) is 5.43 Å². The third-order valence-electron chi connectivity index (χ3n) is 4.84. The summed E-state index contributed by atoms with van der Waals surface area (Å²) in [6.45, 7) is 0. The lowest BCUT2D eigenvalue weighted by Gasteiger charge is -2.14. The molecule has 1 aliphatic rings. The molecule has 154 valence electrons. The van der Waals surface area contributed by atoms with Crippen molar-refractivity contribution in [1.29, 1.82) is 0 Å². The van der Waals surface area contributed by atoms with Crippen molar-refractivity contribution < 1.29 is 13.2 Å². The normalized spacial score (nSPS) is 15.9. The summed E-state index contributed by atoms with van der Waals surface area (Å²) in [7, 11) is -2.07. The van der Waals surface area contributed by atoms with Gasteiger partial charge in [0, 0.05) is 22.7 Å². The number of hydrazone groups is 1. The molecular weight excluding hydrogens is 422 g/mol. The zero-order valence-corrected chi connectivity index (χ0v) is 17.7. The highest BCUT2D eigenvalue weighted by atomic mass is 35.5. The highest BCUT2D eigenvalue weighted by Crippen LogP contribution is 2.31. The van der Waals surface area contributed by atoms with Gasteiger partial charge in [-0.1, -0.05) is 41.9 Å². The molecule has 0 fully saturated rings. The zero-order valence-electron chi connectivity index (χ0n) is 16.2. The Hall–Kier alpha value is -3.03. The van der Waals surface area contributed by atoms with Gasteiger partial charge in [-0.05, 0) is 48.0 Å². The summed E-state index contributed by atoms with van der Waals surface area (Å²) in [6, 6.07) is 21.0. The smallest absolute Gasteiger partial charge is 0.261 e. The van der Waals surface area contributed by atoms with Crippen molar-refractivity contribution in [3.05, 3.63) is 88.9 Å². The van der Waals surface area contributed by atoms with Crippen LogP contribution in [0.25, 0.3) is 0 Å². The fourth-order valence-electron chi connectivity index (χ4n) is 3.35. The first-order chi connectivity index (χ1) is 14.5. The van der Waals surface area contributed by atoms with E-state index < -0.39 is 10.0 Å². The summed E-state index contributed by atoms with van der Waals surface area (Å²) in [5, 5.41) is 4.94. The second-order valence-corrected chi connectivity index (χ2v) is 8.95. The van der Waals surface area contributed by atoms with Gasteiger partial charge >= 0.3 is 0 Å². The van der Waals surface area contributed by atoms with Gasteiger partial charge in [-0.3, -0.25) is 4.72 Å². The minimum Gasteiger partial charge on any atom is -0.496 e. The molecular formula is C22H20ClN3O3S. The number of halogens is 1. The van der Waals surface area contributed by atoms with E-state index in [4.69, 9.17) is 16.3 Å². The molecule has 1 unspecified atom stereocenters. The van der Waals surface area contributed by atoms with Gasteiger partial charge in [-0.15, -0.1) is 0 Å². The highest BCUT2D eigenvalue weighted by Gasteiger charge is 2.24. The van der Waals surface area contributed by atoms with E-state index in [0.29, 0.717) is 17.1 Å². The van der Waals surface area contributed by atoms with Crippen molar-refractivity contribution in [2.24, 2.45) is 5.10 Å². The maximum absolute atomic E-state index is 12.6. The molecule has 0 radical (unpaired) electrons. The predicted molar refractivity (Wildman–Crippen MR) is 119 cm³/mol. The summed E-state index contributed by atoms with van der Waals surface area (Å²) in [5.41, 5.74) is 6.33. The number of rotatable bonds is 6. The second kappa shape index (κ2) is 8.38. The van der Waals surface area contributed by atoms with Crippen LogP contribution in [-0.2, 0) is 10.0 Å². The monoisotopic (exact) mass is 441 g/mol. The minimum absolute atomic E-state index is 0.00874. The molecule has 0 bridgehead atoms. The maximum atomic E-state index is 12.6. The Bertz CT molecular complexity index is 1190. The van der Waals surface area contributed by atoms with Gasteiger partial charge < -0.3 is 10.2 Å². The summed E-state index contributed by atoms with van der Waals surface area (Å²) >= 11 is 5.85. The zero-order chi connectivity index (χ0) is 21.1. The average molecular weight is 442 g/mol. The number of nitrogens with zero attached hydrogens (tertiary/aromatic N) is 1. The van der Waals surface area contributed by atoms with Gasteiger partial charge in [-0.25, -0.2) is 8.42 Å². The second-order valence-electron chi connectivity index (χ2n) is 6.83. The van der Waals surface area contributed by atoms with E-state index in [1.165, 1.54) is 12.1 Å². The molecule has 0 spiro atoms. The van der Waals surface area contributed by atoms with Crippen LogP contribution in [0.4, 0.5) is 5.69 Å². The van der Waals surface area contributed by atoms with E-state index in [0.717, 1.165) is 22.6 Å². The van der Waals surface area contributed by atoms with Gasteiger partial charge in [0.15, 0.2) is 0 Å². The lowest BCUT2D eigenvalue weighted by Crippen LogP contribution is -2.13. The molecule has 6 nitrogen and oxygen atoms in total. The van der Waals surface area contributed by atoms with Gasteiger partial charge in [0.05, 0.1) is 23.8 Å². The van der Waals surface area contributed by atoms with Gasteiger partial charge in [0.1, 0.15) is 5.75 Å². The van der Waals surface area contributed by atoms with Crippen LogP contribution in [0.15, 0.2) is 82.8 Å². The van der Waals surface area contributed by atoms with Crippen LogP contribution in [-0.4, -0.2) is 21.2 Å². The molecule has 0 saturated heterocycles. The minimum atomic E-state index is -3.71.